The first kappa shape index (κ1) is 68.7. The molecular formula is C91H71N3O12. The molecule has 0 radical (unpaired) electrons. The number of esters is 3. The molecule has 10 aromatic carbocycles. The van der Waals surface area contributed by atoms with Gasteiger partial charge in [0.05, 0.1) is 5.41 Å². The van der Waals surface area contributed by atoms with Crippen LogP contribution in [0.15, 0.2) is 278 Å². The second kappa shape index (κ2) is 29.0. The number of hydrogen-bond donors (Lipinski definition) is 0. The van der Waals surface area contributed by atoms with Crippen molar-refractivity contribution >= 4 is 118 Å². The molecule has 0 N–H and O–H groups in total. The van der Waals surface area contributed by atoms with Gasteiger partial charge in [-0.1, -0.05) is 172 Å². The Balaban J connectivity index is 0.747. The van der Waals surface area contributed by atoms with Gasteiger partial charge >= 0.3 is 17.9 Å². The van der Waals surface area contributed by atoms with E-state index >= 15 is 0 Å². The Morgan fingerprint density at radius 3 is 0.755 bits per heavy atom. The van der Waals surface area contributed by atoms with Crippen LogP contribution in [0.4, 0.5) is 0 Å². The Morgan fingerprint density at radius 2 is 0.538 bits per heavy atom. The van der Waals surface area contributed by atoms with E-state index in [-0.39, 0.29) is 54.3 Å². The summed E-state index contributed by atoms with van der Waals surface area (Å²) < 4.78 is 24.0. The van der Waals surface area contributed by atoms with E-state index in [0.29, 0.717) is 144 Å². The van der Waals surface area contributed by atoms with E-state index in [1.807, 2.05) is 60.7 Å². The van der Waals surface area contributed by atoms with Crippen molar-refractivity contribution in [1.82, 2.24) is 13.7 Å². The van der Waals surface area contributed by atoms with Gasteiger partial charge in [-0.3, -0.25) is 43.2 Å². The standard InChI is InChI=1S/C91H71N3O12/c1-56-24-28-62(29-25-56)89(102)68-36-42-80-74(48-68)72-46-66(87(100)60-20-12-6-13-21-60)34-40-78(72)93(80)51-83(96)105-54-91(3,53-104-82(95)50-92-76-38-32-64(85(98)58-16-8-4-9-17-58)44-70(76)71-45-65(33-39-77(71)92)86(99)59-18-10-5-11-19-59)55-106-84(97)52-94-79-41-35-67(88(101)61-22-14-7-15-23-61)47-73(79)75-49-69(37-43-81(75)94)90(103)63-30-26-57(2)27-31-63/h4-24,26,28-49,56-57H,25,27,50-55H2,1-3H3. The van der Waals surface area contributed by atoms with Gasteiger partial charge in [0.1, 0.15) is 39.5 Å². The van der Waals surface area contributed by atoms with Crippen LogP contribution in [0.3, 0.4) is 0 Å². The van der Waals surface area contributed by atoms with E-state index < -0.39 is 43.1 Å². The molecule has 3 heterocycles. The second-order valence-corrected chi connectivity index (χ2v) is 27.8. The zero-order valence-corrected chi connectivity index (χ0v) is 58.5. The molecule has 0 bridgehead atoms. The fourth-order valence-corrected chi connectivity index (χ4v) is 14.2. The fourth-order valence-electron chi connectivity index (χ4n) is 14.2. The van der Waals surface area contributed by atoms with E-state index in [2.05, 4.69) is 13.8 Å². The minimum atomic E-state index is -1.42. The van der Waals surface area contributed by atoms with Crippen molar-refractivity contribution in [2.45, 2.75) is 53.2 Å². The fraction of sp³-hybridized carbons (Fsp3) is 0.154. The lowest BCUT2D eigenvalue weighted by molar-refractivity contribution is -0.161. The molecular weight excluding hydrogens is 1330 g/mol. The maximum atomic E-state index is 14.7. The largest absolute Gasteiger partial charge is 0.464 e. The van der Waals surface area contributed by atoms with Crippen LogP contribution in [-0.4, -0.2) is 86.1 Å². The molecule has 15 rings (SSSR count). The summed E-state index contributed by atoms with van der Waals surface area (Å²) in [5, 5.41) is 3.72. The average Bonchev–Trinajstić information content (AvgIpc) is 1.61. The van der Waals surface area contributed by atoms with Crippen molar-refractivity contribution in [1.29, 1.82) is 0 Å². The second-order valence-electron chi connectivity index (χ2n) is 27.8. The third-order valence-electron chi connectivity index (χ3n) is 20.1. The number of fused-ring (bicyclic) bond motifs is 9. The molecule has 2 atom stereocenters. The van der Waals surface area contributed by atoms with E-state index in [4.69, 9.17) is 14.2 Å². The Hall–Kier alpha value is -13.0. The molecule has 15 nitrogen and oxygen atoms in total. The molecule has 15 heteroatoms. The summed E-state index contributed by atoms with van der Waals surface area (Å²) in [6, 6.07) is 67.0. The van der Waals surface area contributed by atoms with Crippen molar-refractivity contribution in [3.05, 3.63) is 334 Å². The maximum Gasteiger partial charge on any atom is 0.325 e. The average molecular weight is 1400 g/mol. The minimum Gasteiger partial charge on any atom is -0.464 e. The van der Waals surface area contributed by atoms with Crippen LogP contribution in [-0.2, 0) is 48.2 Å². The van der Waals surface area contributed by atoms with Gasteiger partial charge < -0.3 is 27.9 Å². The molecule has 2 unspecified atom stereocenters. The number of Topliss-reactive ketones (excluding diaryl/α,β-unsaturated/α-hetero) is 2. The van der Waals surface area contributed by atoms with Crippen LogP contribution >= 0.6 is 0 Å². The van der Waals surface area contributed by atoms with Crippen LogP contribution in [0.1, 0.15) is 118 Å². The zero-order valence-electron chi connectivity index (χ0n) is 58.5. The molecule has 0 aliphatic heterocycles. The lowest BCUT2D eigenvalue weighted by Gasteiger charge is -2.28. The molecule has 13 aromatic rings. The predicted octanol–water partition coefficient (Wildman–Crippen LogP) is 17.4. The number of ether oxygens (including phenoxy) is 3. The third kappa shape index (κ3) is 13.8. The Kier molecular flexibility index (Phi) is 18.8. The highest BCUT2D eigenvalue weighted by Gasteiger charge is 2.33. The van der Waals surface area contributed by atoms with Gasteiger partial charge in [0.25, 0.3) is 0 Å². The van der Waals surface area contributed by atoms with Gasteiger partial charge in [0.2, 0.25) is 0 Å². The molecule has 0 fully saturated rings. The van der Waals surface area contributed by atoms with E-state index in [9.17, 15) is 43.2 Å². The van der Waals surface area contributed by atoms with Gasteiger partial charge in [0, 0.05) is 132 Å². The number of hydrogen-bond acceptors (Lipinski definition) is 12. The number of aromatic nitrogens is 3. The lowest BCUT2D eigenvalue weighted by Crippen LogP contribution is -2.38. The van der Waals surface area contributed by atoms with Crippen molar-refractivity contribution in [2.75, 3.05) is 19.8 Å². The summed E-state index contributed by atoms with van der Waals surface area (Å²) >= 11 is 0. The summed E-state index contributed by atoms with van der Waals surface area (Å²) in [5.74, 6) is -2.75. The summed E-state index contributed by atoms with van der Waals surface area (Å²) in [5.41, 5.74) is 7.60. The van der Waals surface area contributed by atoms with Gasteiger partial charge in [0.15, 0.2) is 34.7 Å². The van der Waals surface area contributed by atoms with Gasteiger partial charge in [-0.15, -0.1) is 0 Å². The summed E-state index contributed by atoms with van der Waals surface area (Å²) in [6.45, 7) is 3.49. The zero-order chi connectivity index (χ0) is 73.3. The van der Waals surface area contributed by atoms with Gasteiger partial charge in [-0.05, 0) is 141 Å². The highest BCUT2D eigenvalue weighted by molar-refractivity contribution is 6.21. The molecule has 2 aliphatic carbocycles. The van der Waals surface area contributed by atoms with Gasteiger partial charge in [-0.2, -0.15) is 0 Å². The van der Waals surface area contributed by atoms with E-state index in [1.165, 1.54) is 0 Å². The number of nitrogens with zero attached hydrogens (tertiary/aromatic N) is 3. The first-order valence-corrected chi connectivity index (χ1v) is 35.3. The SMILES string of the molecule is CC1C=CC(C(=O)c2ccc3c(c2)c2cc(C(=O)c4ccccc4)ccc2n3CC(=O)OCC(C)(COC(=O)Cn2c3ccc(C(=O)C4=CCC(C)C=C4)cc3c3cc(C(=O)c4ccccc4)ccc32)COC(=O)Cn2c3ccc(C(=O)c4ccccc4)cc3c3cc(C(=O)c4ccccc4)ccc32)=CC1. The summed E-state index contributed by atoms with van der Waals surface area (Å²) in [7, 11) is 0. The van der Waals surface area contributed by atoms with Crippen LogP contribution in [0.2, 0.25) is 0 Å². The van der Waals surface area contributed by atoms with Crippen LogP contribution in [0.25, 0.3) is 65.4 Å². The summed E-state index contributed by atoms with van der Waals surface area (Å²) in [6.07, 6.45) is 13.0. The Bertz CT molecular complexity index is 5580. The smallest absolute Gasteiger partial charge is 0.325 e. The molecule has 106 heavy (non-hydrogen) atoms. The highest BCUT2D eigenvalue weighted by Crippen LogP contribution is 2.37. The lowest BCUT2D eigenvalue weighted by atomic mass is 9.93. The molecule has 0 spiro atoms. The van der Waals surface area contributed by atoms with Crippen molar-refractivity contribution in [3.63, 3.8) is 0 Å². The van der Waals surface area contributed by atoms with Crippen LogP contribution in [0, 0.1) is 17.3 Å². The molecule has 522 valence electrons. The molecule has 0 amide bonds. The maximum absolute atomic E-state index is 14.7. The molecule has 2 aliphatic rings. The van der Waals surface area contributed by atoms with Crippen LogP contribution in [0.5, 0.6) is 0 Å². The van der Waals surface area contributed by atoms with Crippen molar-refractivity contribution < 1.29 is 57.4 Å². The molecule has 0 saturated heterocycles. The number of rotatable bonds is 24. The van der Waals surface area contributed by atoms with E-state index in [0.717, 1.165) is 12.8 Å². The quantitative estimate of drug-likeness (QED) is 0.0316. The first-order chi connectivity index (χ1) is 51.4. The number of carbonyl (C=O) groups excluding carboxylic acids is 9. The first-order valence-electron chi connectivity index (χ1n) is 35.3. The number of carbonyl (C=O) groups is 9. The Labute approximate surface area is 609 Å². The molecule has 0 saturated carbocycles. The topological polar surface area (TPSA) is 196 Å². The number of allylic oxidation sites excluding steroid dienone is 8. The number of ketones is 6. The van der Waals surface area contributed by atoms with Crippen LogP contribution < -0.4 is 0 Å². The normalized spacial score (nSPS) is 14.8. The summed E-state index contributed by atoms with van der Waals surface area (Å²) in [4.78, 5) is 128. The molecule has 3 aromatic heterocycles. The van der Waals surface area contributed by atoms with Crippen molar-refractivity contribution in [3.8, 4) is 0 Å². The Morgan fingerprint density at radius 1 is 0.311 bits per heavy atom. The van der Waals surface area contributed by atoms with Crippen molar-refractivity contribution in [2.24, 2.45) is 17.3 Å². The van der Waals surface area contributed by atoms with E-state index in [1.54, 1.807) is 227 Å². The highest BCUT2D eigenvalue weighted by atomic mass is 16.6. The monoisotopic (exact) mass is 1400 g/mol. The minimum absolute atomic E-state index is 0.169. The van der Waals surface area contributed by atoms with Gasteiger partial charge in [-0.25, -0.2) is 0 Å². The third-order valence-corrected chi connectivity index (χ3v) is 20.1. The number of benzene rings is 10. The predicted molar refractivity (Wildman–Crippen MR) is 409 cm³/mol.